The second kappa shape index (κ2) is 7.75. The molecule has 6 heterocycles. The van der Waals surface area contributed by atoms with Gasteiger partial charge in [-0.1, -0.05) is 12.1 Å². The zero-order valence-electron chi connectivity index (χ0n) is 18.3. The zero-order valence-corrected chi connectivity index (χ0v) is 19.1. The van der Waals surface area contributed by atoms with E-state index in [1.165, 1.54) is 0 Å². The number of hydrogen-bond donors (Lipinski definition) is 1. The Morgan fingerprint density at radius 3 is 2.67 bits per heavy atom. The first-order valence-corrected chi connectivity index (χ1v) is 13.1. The topological polar surface area (TPSA) is 103 Å². The highest BCUT2D eigenvalue weighted by atomic mass is 32.2. The molecule has 3 aromatic rings. The van der Waals surface area contributed by atoms with Gasteiger partial charge in [0.1, 0.15) is 17.0 Å². The summed E-state index contributed by atoms with van der Waals surface area (Å²) in [5.74, 6) is 2.15. The van der Waals surface area contributed by atoms with Gasteiger partial charge in [0, 0.05) is 38.8 Å². The van der Waals surface area contributed by atoms with Crippen LogP contribution in [0.1, 0.15) is 25.0 Å². The van der Waals surface area contributed by atoms with Crippen molar-refractivity contribution in [1.29, 1.82) is 0 Å². The highest BCUT2D eigenvalue weighted by Gasteiger charge is 2.47. The van der Waals surface area contributed by atoms with Crippen LogP contribution in [0.4, 0.5) is 17.8 Å². The smallest absolute Gasteiger partial charge is 0.298 e. The highest BCUT2D eigenvalue weighted by Crippen LogP contribution is 2.39. The van der Waals surface area contributed by atoms with Crippen molar-refractivity contribution in [3.63, 3.8) is 0 Å². The van der Waals surface area contributed by atoms with Gasteiger partial charge < -0.3 is 28.8 Å². The number of ether oxygens (including phenoxy) is 1. The van der Waals surface area contributed by atoms with Crippen LogP contribution in [0.2, 0.25) is 0 Å². The Morgan fingerprint density at radius 2 is 1.85 bits per heavy atom. The normalized spacial score (nSPS) is 27.0. The van der Waals surface area contributed by atoms with Crippen LogP contribution in [0.25, 0.3) is 11.1 Å². The largest absolute Gasteiger partial charge is 0.611 e. The van der Waals surface area contributed by atoms with E-state index in [-0.39, 0.29) is 0 Å². The highest BCUT2D eigenvalue weighted by molar-refractivity contribution is 7.91. The van der Waals surface area contributed by atoms with Gasteiger partial charge in [0.05, 0.1) is 12.1 Å². The number of hydrogen-bond acceptors (Lipinski definition) is 9. The first kappa shape index (κ1) is 19.9. The number of benzene rings is 1. The van der Waals surface area contributed by atoms with Crippen molar-refractivity contribution in [3.05, 3.63) is 30.0 Å². The molecule has 0 spiro atoms. The molecule has 33 heavy (non-hydrogen) atoms. The summed E-state index contributed by atoms with van der Waals surface area (Å²) in [6.07, 6.45) is 3.66. The van der Waals surface area contributed by atoms with Crippen LogP contribution in [0.15, 0.2) is 33.6 Å². The molecule has 4 aliphatic rings. The molecule has 1 aromatic carbocycles. The third kappa shape index (κ3) is 3.34. The van der Waals surface area contributed by atoms with Crippen molar-refractivity contribution in [3.8, 4) is 0 Å². The predicted molar refractivity (Wildman–Crippen MR) is 125 cm³/mol. The minimum Gasteiger partial charge on any atom is -0.611 e. The van der Waals surface area contributed by atoms with E-state index in [1.807, 2.05) is 24.3 Å². The number of piperazine rings is 1. The lowest BCUT2D eigenvalue weighted by atomic mass is 10.1. The Bertz CT molecular complexity index is 1170. The number of nitrogens with zero attached hydrogens (tertiary/aromatic N) is 5. The summed E-state index contributed by atoms with van der Waals surface area (Å²) < 4.78 is 24.2. The monoisotopic (exact) mass is 466 g/mol. The van der Waals surface area contributed by atoms with Gasteiger partial charge in [0.2, 0.25) is 10.8 Å². The van der Waals surface area contributed by atoms with Crippen LogP contribution in [0.5, 0.6) is 0 Å². The number of oxazole rings is 1. The van der Waals surface area contributed by atoms with Crippen LogP contribution >= 0.6 is 0 Å². The van der Waals surface area contributed by atoms with Crippen LogP contribution in [0, 0.1) is 0 Å². The molecule has 3 unspecified atom stereocenters. The molecular formula is C23H26N6O3S. The van der Waals surface area contributed by atoms with Gasteiger partial charge in [-0.15, -0.1) is 0 Å². The summed E-state index contributed by atoms with van der Waals surface area (Å²) in [4.78, 5) is 19.9. The molecule has 2 bridgehead atoms. The minimum absolute atomic E-state index is 0.299. The number of anilines is 3. The van der Waals surface area contributed by atoms with E-state index in [2.05, 4.69) is 15.1 Å². The lowest BCUT2D eigenvalue weighted by Crippen LogP contribution is -2.47. The first-order valence-electron chi connectivity index (χ1n) is 11.8. The van der Waals surface area contributed by atoms with Gasteiger partial charge in [-0.05, 0) is 42.6 Å². The van der Waals surface area contributed by atoms with Crippen molar-refractivity contribution in [2.75, 3.05) is 47.2 Å². The zero-order chi connectivity index (χ0) is 21.9. The Hall–Kier alpha value is -2.56. The van der Waals surface area contributed by atoms with Crippen molar-refractivity contribution >= 4 is 40.1 Å². The maximum absolute atomic E-state index is 12.7. The maximum Gasteiger partial charge on any atom is 0.298 e. The quantitative estimate of drug-likeness (QED) is 0.580. The summed E-state index contributed by atoms with van der Waals surface area (Å²) in [6.45, 7) is 3.18. The third-order valence-corrected chi connectivity index (χ3v) is 8.72. The molecule has 3 saturated heterocycles. The molecule has 3 atom stereocenters. The summed E-state index contributed by atoms with van der Waals surface area (Å²) in [6, 6.07) is 9.53. The van der Waals surface area contributed by atoms with Crippen LogP contribution in [-0.4, -0.2) is 69.7 Å². The molecule has 10 heteroatoms. The van der Waals surface area contributed by atoms with E-state index in [4.69, 9.17) is 24.1 Å². The predicted octanol–water partition coefficient (Wildman–Crippen LogP) is 2.34. The Kier molecular flexibility index (Phi) is 4.66. The molecule has 0 amide bonds. The molecule has 2 aromatic heterocycles. The van der Waals surface area contributed by atoms with Crippen LogP contribution < -0.4 is 15.1 Å². The number of nitrogens with one attached hydrogen (secondary N) is 1. The van der Waals surface area contributed by atoms with E-state index in [0.717, 1.165) is 85.4 Å². The SMILES string of the molecule is [O-][S+]1CCc2nc(N3CC4CC3CN4c3nc4ccccc4o3)nc(NC3CCOCC3)c21. The molecule has 9 nitrogen and oxygen atoms in total. The van der Waals surface area contributed by atoms with Crippen molar-refractivity contribution in [1.82, 2.24) is 15.0 Å². The van der Waals surface area contributed by atoms with Gasteiger partial charge in [-0.2, -0.15) is 9.97 Å². The van der Waals surface area contributed by atoms with Crippen molar-refractivity contribution in [2.24, 2.45) is 0 Å². The summed E-state index contributed by atoms with van der Waals surface area (Å²) in [5, 5.41) is 3.58. The number of aromatic nitrogens is 3. The van der Waals surface area contributed by atoms with Gasteiger partial charge in [0.25, 0.3) is 6.01 Å². The summed E-state index contributed by atoms with van der Waals surface area (Å²) in [5.41, 5.74) is 2.66. The standard InChI is InChI=1S/C23H26N6O3S/c30-33-10-7-18-20(33)21(24-14-5-8-31-9-6-14)27-22(25-18)28-12-16-11-15(28)13-29(16)23-26-17-3-1-2-4-19(17)32-23/h1-4,14-16H,5-13H2,(H,24,25,27). The Labute approximate surface area is 194 Å². The molecule has 0 saturated carbocycles. The summed E-state index contributed by atoms with van der Waals surface area (Å²) in [7, 11) is 0. The molecule has 172 valence electrons. The number of aryl methyl sites for hydroxylation is 1. The molecule has 7 rings (SSSR count). The van der Waals surface area contributed by atoms with Gasteiger partial charge in [-0.3, -0.25) is 0 Å². The number of rotatable bonds is 4. The van der Waals surface area contributed by atoms with Gasteiger partial charge >= 0.3 is 0 Å². The maximum atomic E-state index is 12.7. The van der Waals surface area contributed by atoms with E-state index in [0.29, 0.717) is 29.9 Å². The summed E-state index contributed by atoms with van der Waals surface area (Å²) >= 11 is -1.03. The average Bonchev–Trinajstić information content (AvgIpc) is 3.62. The van der Waals surface area contributed by atoms with Crippen LogP contribution in [0.3, 0.4) is 0 Å². The molecule has 3 fully saturated rings. The van der Waals surface area contributed by atoms with E-state index >= 15 is 0 Å². The molecule has 1 N–H and O–H groups in total. The number of fused-ring (bicyclic) bond motifs is 4. The third-order valence-electron chi connectivity index (χ3n) is 7.26. The average molecular weight is 467 g/mol. The first-order chi connectivity index (χ1) is 16.2. The minimum atomic E-state index is -1.03. The lowest BCUT2D eigenvalue weighted by molar-refractivity contribution is 0.0903. The fraction of sp³-hybridized carbons (Fsp3) is 0.522. The molecule has 0 aliphatic carbocycles. The lowest BCUT2D eigenvalue weighted by Gasteiger charge is -2.33. The second-order valence-corrected chi connectivity index (χ2v) is 10.8. The fourth-order valence-corrected chi connectivity index (χ4v) is 6.89. The van der Waals surface area contributed by atoms with Gasteiger partial charge in [0.15, 0.2) is 11.4 Å². The molecule has 0 radical (unpaired) electrons. The van der Waals surface area contributed by atoms with Crippen molar-refractivity contribution in [2.45, 2.75) is 48.7 Å². The van der Waals surface area contributed by atoms with Crippen LogP contribution in [-0.2, 0) is 22.3 Å². The fourth-order valence-electron chi connectivity index (χ4n) is 5.57. The van der Waals surface area contributed by atoms with E-state index < -0.39 is 11.2 Å². The second-order valence-electron chi connectivity index (χ2n) is 9.29. The molecule has 4 aliphatic heterocycles. The van der Waals surface area contributed by atoms with E-state index in [1.54, 1.807) is 0 Å². The van der Waals surface area contributed by atoms with Crippen molar-refractivity contribution < 1.29 is 13.7 Å². The molecular weight excluding hydrogens is 440 g/mol. The Morgan fingerprint density at radius 1 is 1.03 bits per heavy atom. The van der Waals surface area contributed by atoms with E-state index in [9.17, 15) is 4.55 Å². The number of para-hydroxylation sites is 2. The Balaban J connectivity index is 1.15. The van der Waals surface area contributed by atoms with Gasteiger partial charge in [-0.25, -0.2) is 4.98 Å².